The quantitative estimate of drug-likeness (QED) is 0.666. The highest BCUT2D eigenvalue weighted by molar-refractivity contribution is 7.17. The van der Waals surface area contributed by atoms with Crippen LogP contribution in [0.1, 0.15) is 43.3 Å². The van der Waals surface area contributed by atoms with Crippen LogP contribution in [0.3, 0.4) is 0 Å². The lowest BCUT2D eigenvalue weighted by Crippen LogP contribution is -2.08. The first-order chi connectivity index (χ1) is 7.05. The molecule has 0 N–H and O–H groups in total. The molecule has 3 rings (SSSR count). The van der Waals surface area contributed by atoms with Crippen molar-refractivity contribution >= 4 is 16.2 Å². The van der Waals surface area contributed by atoms with E-state index < -0.39 is 0 Å². The maximum atomic E-state index is 4.65. The summed E-state index contributed by atoms with van der Waals surface area (Å²) in [6.45, 7) is 6.79. The fourth-order valence-electron chi connectivity index (χ4n) is 2.17. The fraction of sp³-hybridized carbons (Fsp3) is 0.583. The predicted molar refractivity (Wildman–Crippen MR) is 63.8 cm³/mol. The van der Waals surface area contributed by atoms with Crippen LogP contribution < -0.4 is 0 Å². The Morgan fingerprint density at radius 2 is 2.13 bits per heavy atom. The molecule has 0 amide bonds. The van der Waals surface area contributed by atoms with E-state index in [4.69, 9.17) is 0 Å². The van der Waals surface area contributed by atoms with Crippen LogP contribution >= 0.6 is 11.3 Å². The van der Waals surface area contributed by atoms with Gasteiger partial charge in [-0.15, -0.1) is 11.3 Å². The minimum Gasteiger partial charge on any atom is -0.229 e. The van der Waals surface area contributed by atoms with Crippen LogP contribution in [0, 0.1) is 0 Å². The Bertz CT molecular complexity index is 513. The first-order valence-electron chi connectivity index (χ1n) is 5.56. The SMILES string of the molecule is CC(C)(C)c1cn2nc3c(c2s1)CCC3. The molecule has 0 aliphatic heterocycles. The van der Waals surface area contributed by atoms with E-state index >= 15 is 0 Å². The number of fused-ring (bicyclic) bond motifs is 3. The molecule has 2 aromatic heterocycles. The fourth-order valence-corrected chi connectivity index (χ4v) is 3.36. The van der Waals surface area contributed by atoms with Gasteiger partial charge in [0.15, 0.2) is 0 Å². The summed E-state index contributed by atoms with van der Waals surface area (Å²) in [6.07, 6.45) is 5.90. The Kier molecular flexibility index (Phi) is 1.78. The smallest absolute Gasteiger partial charge is 0.122 e. The molecule has 15 heavy (non-hydrogen) atoms. The van der Waals surface area contributed by atoms with Gasteiger partial charge in [0.1, 0.15) is 4.83 Å². The van der Waals surface area contributed by atoms with Gasteiger partial charge in [-0.25, -0.2) is 4.52 Å². The molecule has 0 saturated heterocycles. The topological polar surface area (TPSA) is 17.3 Å². The van der Waals surface area contributed by atoms with E-state index in [9.17, 15) is 0 Å². The van der Waals surface area contributed by atoms with E-state index in [1.807, 2.05) is 11.3 Å². The molecule has 2 heterocycles. The van der Waals surface area contributed by atoms with Crippen molar-refractivity contribution in [2.75, 3.05) is 0 Å². The maximum absolute atomic E-state index is 4.65. The van der Waals surface area contributed by atoms with Gasteiger partial charge in [-0.05, 0) is 24.7 Å². The third kappa shape index (κ3) is 1.33. The van der Waals surface area contributed by atoms with Crippen LogP contribution in [0.2, 0.25) is 0 Å². The summed E-state index contributed by atoms with van der Waals surface area (Å²) < 4.78 is 2.09. The zero-order valence-corrected chi connectivity index (χ0v) is 10.3. The second-order valence-electron chi connectivity index (χ2n) is 5.37. The molecular formula is C12H16N2S. The Morgan fingerprint density at radius 3 is 2.87 bits per heavy atom. The average Bonchev–Trinajstić information content (AvgIpc) is 2.68. The van der Waals surface area contributed by atoms with Crippen molar-refractivity contribution in [1.29, 1.82) is 0 Å². The molecule has 0 aromatic carbocycles. The van der Waals surface area contributed by atoms with Gasteiger partial charge in [-0.2, -0.15) is 5.10 Å². The molecule has 3 heteroatoms. The molecule has 0 atom stereocenters. The number of aryl methyl sites for hydroxylation is 2. The first-order valence-corrected chi connectivity index (χ1v) is 6.38. The molecule has 0 unspecified atom stereocenters. The van der Waals surface area contributed by atoms with Crippen molar-refractivity contribution < 1.29 is 0 Å². The Balaban J connectivity index is 2.20. The molecular weight excluding hydrogens is 204 g/mol. The number of rotatable bonds is 0. The lowest BCUT2D eigenvalue weighted by atomic mass is 9.96. The van der Waals surface area contributed by atoms with E-state index in [-0.39, 0.29) is 5.41 Å². The summed E-state index contributed by atoms with van der Waals surface area (Å²) >= 11 is 1.92. The number of nitrogens with zero attached hydrogens (tertiary/aromatic N) is 2. The Labute approximate surface area is 93.9 Å². The van der Waals surface area contributed by atoms with Gasteiger partial charge in [0.25, 0.3) is 0 Å². The molecule has 80 valence electrons. The minimum atomic E-state index is 0.247. The molecule has 2 aromatic rings. The van der Waals surface area contributed by atoms with Gasteiger partial charge in [0.05, 0.1) is 5.69 Å². The summed E-state index contributed by atoms with van der Waals surface area (Å²) in [4.78, 5) is 2.81. The molecule has 0 saturated carbocycles. The predicted octanol–water partition coefficient (Wildman–Crippen LogP) is 3.18. The summed E-state index contributed by atoms with van der Waals surface area (Å²) in [5.74, 6) is 0. The first kappa shape index (κ1) is 9.40. The molecule has 0 bridgehead atoms. The summed E-state index contributed by atoms with van der Waals surface area (Å²) in [5.41, 5.74) is 3.09. The largest absolute Gasteiger partial charge is 0.229 e. The van der Waals surface area contributed by atoms with Gasteiger partial charge in [0, 0.05) is 16.6 Å². The van der Waals surface area contributed by atoms with E-state index in [1.165, 1.54) is 40.2 Å². The highest BCUT2D eigenvalue weighted by Crippen LogP contribution is 2.35. The highest BCUT2D eigenvalue weighted by atomic mass is 32.1. The molecule has 1 aliphatic carbocycles. The van der Waals surface area contributed by atoms with Gasteiger partial charge in [-0.1, -0.05) is 20.8 Å². The summed E-state index contributed by atoms with van der Waals surface area (Å²) in [6, 6.07) is 0. The van der Waals surface area contributed by atoms with E-state index in [1.54, 1.807) is 0 Å². The molecule has 0 spiro atoms. The molecule has 2 nitrogen and oxygen atoms in total. The third-order valence-corrected chi connectivity index (χ3v) is 4.63. The van der Waals surface area contributed by atoms with Crippen LogP contribution in [0.5, 0.6) is 0 Å². The van der Waals surface area contributed by atoms with Crippen LogP contribution in [0.25, 0.3) is 4.83 Å². The second-order valence-corrected chi connectivity index (χ2v) is 6.40. The van der Waals surface area contributed by atoms with E-state index in [2.05, 4.69) is 36.6 Å². The number of aromatic nitrogens is 2. The lowest BCUT2D eigenvalue weighted by molar-refractivity contribution is 0.600. The average molecular weight is 220 g/mol. The van der Waals surface area contributed by atoms with Gasteiger partial charge >= 0.3 is 0 Å². The van der Waals surface area contributed by atoms with Crippen molar-refractivity contribution in [1.82, 2.24) is 9.61 Å². The number of hydrogen-bond acceptors (Lipinski definition) is 2. The molecule has 1 aliphatic rings. The third-order valence-electron chi connectivity index (χ3n) is 3.07. The lowest BCUT2D eigenvalue weighted by Gasteiger charge is -2.14. The number of hydrogen-bond donors (Lipinski definition) is 0. The number of thiazole rings is 1. The highest BCUT2D eigenvalue weighted by Gasteiger charge is 2.23. The van der Waals surface area contributed by atoms with Crippen LogP contribution in [0.15, 0.2) is 6.20 Å². The standard InChI is InChI=1S/C12H16N2S/c1-12(2,3)10-7-14-11(15-10)8-5-4-6-9(8)13-14/h7H,4-6H2,1-3H3. The van der Waals surface area contributed by atoms with E-state index in [0.29, 0.717) is 0 Å². The normalized spacial score (nSPS) is 16.2. The van der Waals surface area contributed by atoms with Crippen LogP contribution in [-0.2, 0) is 18.3 Å². The zero-order valence-electron chi connectivity index (χ0n) is 9.50. The Morgan fingerprint density at radius 1 is 1.33 bits per heavy atom. The van der Waals surface area contributed by atoms with E-state index in [0.717, 1.165) is 0 Å². The van der Waals surface area contributed by atoms with Crippen molar-refractivity contribution in [3.63, 3.8) is 0 Å². The van der Waals surface area contributed by atoms with Crippen molar-refractivity contribution in [2.24, 2.45) is 0 Å². The summed E-state index contributed by atoms with van der Waals surface area (Å²) in [7, 11) is 0. The summed E-state index contributed by atoms with van der Waals surface area (Å²) in [5, 5.41) is 4.65. The Hall–Kier alpha value is -0.830. The maximum Gasteiger partial charge on any atom is 0.122 e. The van der Waals surface area contributed by atoms with Gasteiger partial charge in [-0.3, -0.25) is 0 Å². The second kappa shape index (κ2) is 2.85. The van der Waals surface area contributed by atoms with Gasteiger partial charge in [0.2, 0.25) is 0 Å². The van der Waals surface area contributed by atoms with Gasteiger partial charge < -0.3 is 0 Å². The molecule has 0 radical (unpaired) electrons. The van der Waals surface area contributed by atoms with Crippen molar-refractivity contribution in [3.8, 4) is 0 Å². The molecule has 0 fully saturated rings. The monoisotopic (exact) mass is 220 g/mol. The van der Waals surface area contributed by atoms with Crippen molar-refractivity contribution in [3.05, 3.63) is 22.3 Å². The van der Waals surface area contributed by atoms with Crippen molar-refractivity contribution in [2.45, 2.75) is 45.4 Å². The van der Waals surface area contributed by atoms with Crippen LogP contribution in [0.4, 0.5) is 0 Å². The zero-order chi connectivity index (χ0) is 10.6. The minimum absolute atomic E-state index is 0.247. The van der Waals surface area contributed by atoms with Crippen LogP contribution in [-0.4, -0.2) is 9.61 Å².